The highest BCUT2D eigenvalue weighted by atomic mass is 16.5. The lowest BCUT2D eigenvalue weighted by Gasteiger charge is -2.28. The van der Waals surface area contributed by atoms with E-state index >= 15 is 0 Å². The van der Waals surface area contributed by atoms with Crippen molar-refractivity contribution in [2.75, 3.05) is 14.2 Å². The van der Waals surface area contributed by atoms with Gasteiger partial charge in [-0.05, 0) is 47.9 Å². The standard InChI is InChI=1S/C23H25NO2/c1-16(23(25)24(3)17(2)18-8-6-5-7-9-18)19-10-11-21-15-22(26-4)13-12-20(21)14-19/h5-17H,1-4H3/t16-,17?/m0/s1. The Hall–Kier alpha value is -2.81. The number of ether oxygens (including phenoxy) is 1. The van der Waals surface area contributed by atoms with Gasteiger partial charge in [-0.2, -0.15) is 0 Å². The van der Waals surface area contributed by atoms with Crippen LogP contribution in [0.4, 0.5) is 0 Å². The van der Waals surface area contributed by atoms with Crippen LogP contribution in [0.15, 0.2) is 66.7 Å². The Kier molecular flexibility index (Phi) is 5.27. The van der Waals surface area contributed by atoms with Crippen LogP contribution in [0.2, 0.25) is 0 Å². The van der Waals surface area contributed by atoms with Crippen LogP contribution in [0.3, 0.4) is 0 Å². The summed E-state index contributed by atoms with van der Waals surface area (Å²) in [5, 5.41) is 2.22. The van der Waals surface area contributed by atoms with Crippen molar-refractivity contribution in [1.82, 2.24) is 4.90 Å². The van der Waals surface area contributed by atoms with Crippen LogP contribution in [-0.4, -0.2) is 25.0 Å². The second-order valence-corrected chi connectivity index (χ2v) is 6.73. The fourth-order valence-corrected chi connectivity index (χ4v) is 3.23. The lowest BCUT2D eigenvalue weighted by Crippen LogP contribution is -2.33. The molecule has 3 heteroatoms. The van der Waals surface area contributed by atoms with Crippen LogP contribution in [0.25, 0.3) is 10.8 Å². The number of rotatable bonds is 5. The number of carbonyl (C=O) groups excluding carboxylic acids is 1. The van der Waals surface area contributed by atoms with E-state index < -0.39 is 0 Å². The predicted molar refractivity (Wildman–Crippen MR) is 107 cm³/mol. The van der Waals surface area contributed by atoms with Gasteiger partial charge in [0, 0.05) is 7.05 Å². The molecule has 0 radical (unpaired) electrons. The molecular weight excluding hydrogens is 322 g/mol. The summed E-state index contributed by atoms with van der Waals surface area (Å²) < 4.78 is 5.28. The summed E-state index contributed by atoms with van der Waals surface area (Å²) in [4.78, 5) is 14.8. The van der Waals surface area contributed by atoms with Gasteiger partial charge < -0.3 is 9.64 Å². The van der Waals surface area contributed by atoms with Gasteiger partial charge in [-0.25, -0.2) is 0 Å². The number of likely N-dealkylation sites (N-methyl/N-ethyl adjacent to an activating group) is 1. The maximum absolute atomic E-state index is 13.0. The molecule has 0 aliphatic rings. The molecule has 0 saturated heterocycles. The molecule has 2 atom stereocenters. The first-order valence-electron chi connectivity index (χ1n) is 8.90. The number of fused-ring (bicyclic) bond motifs is 1. The summed E-state index contributed by atoms with van der Waals surface area (Å²) in [7, 11) is 3.54. The number of amides is 1. The highest BCUT2D eigenvalue weighted by Crippen LogP contribution is 2.28. The zero-order valence-electron chi connectivity index (χ0n) is 15.8. The summed E-state index contributed by atoms with van der Waals surface area (Å²) in [6.45, 7) is 4.04. The van der Waals surface area contributed by atoms with E-state index in [4.69, 9.17) is 4.74 Å². The molecule has 1 amide bonds. The molecule has 134 valence electrons. The number of benzene rings is 3. The Morgan fingerprint density at radius 3 is 2.23 bits per heavy atom. The van der Waals surface area contributed by atoms with Crippen molar-refractivity contribution in [3.63, 3.8) is 0 Å². The minimum atomic E-state index is -0.197. The Morgan fingerprint density at radius 1 is 0.885 bits per heavy atom. The monoisotopic (exact) mass is 347 g/mol. The van der Waals surface area contributed by atoms with Crippen LogP contribution in [0, 0.1) is 0 Å². The summed E-state index contributed by atoms with van der Waals surface area (Å²) in [6.07, 6.45) is 0. The van der Waals surface area contributed by atoms with Crippen molar-refractivity contribution in [1.29, 1.82) is 0 Å². The average Bonchev–Trinajstić information content (AvgIpc) is 2.71. The molecule has 0 heterocycles. The molecule has 1 unspecified atom stereocenters. The third-order valence-corrected chi connectivity index (χ3v) is 5.15. The molecule has 0 fully saturated rings. The Labute approximate surface area is 155 Å². The van der Waals surface area contributed by atoms with E-state index in [0.29, 0.717) is 0 Å². The maximum Gasteiger partial charge on any atom is 0.230 e. The Morgan fingerprint density at radius 2 is 1.54 bits per heavy atom. The average molecular weight is 347 g/mol. The lowest BCUT2D eigenvalue weighted by atomic mass is 9.95. The second-order valence-electron chi connectivity index (χ2n) is 6.73. The second kappa shape index (κ2) is 7.61. The molecule has 3 rings (SSSR count). The predicted octanol–water partition coefficient (Wildman–Crippen LogP) is 5.17. The zero-order valence-corrected chi connectivity index (χ0v) is 15.8. The summed E-state index contributed by atoms with van der Waals surface area (Å²) in [5.74, 6) is 0.762. The van der Waals surface area contributed by atoms with E-state index in [1.807, 2.05) is 61.3 Å². The summed E-state index contributed by atoms with van der Waals surface area (Å²) in [6, 6.07) is 22.3. The van der Waals surface area contributed by atoms with Crippen LogP contribution in [-0.2, 0) is 4.79 Å². The van der Waals surface area contributed by atoms with Crippen LogP contribution < -0.4 is 4.74 Å². The largest absolute Gasteiger partial charge is 0.497 e. The van der Waals surface area contributed by atoms with Gasteiger partial charge in [-0.15, -0.1) is 0 Å². The molecule has 3 nitrogen and oxygen atoms in total. The summed E-state index contributed by atoms with van der Waals surface area (Å²) in [5.41, 5.74) is 2.17. The molecule has 0 bridgehead atoms. The lowest BCUT2D eigenvalue weighted by molar-refractivity contribution is -0.133. The summed E-state index contributed by atoms with van der Waals surface area (Å²) >= 11 is 0. The molecule has 0 aromatic heterocycles. The van der Waals surface area contributed by atoms with Crippen molar-refractivity contribution in [3.8, 4) is 5.75 Å². The molecule has 3 aromatic rings. The quantitative estimate of drug-likeness (QED) is 0.637. The van der Waals surface area contributed by atoms with Gasteiger partial charge in [0.25, 0.3) is 0 Å². The van der Waals surface area contributed by atoms with E-state index in [9.17, 15) is 4.79 Å². The van der Waals surface area contributed by atoms with Crippen LogP contribution >= 0.6 is 0 Å². The van der Waals surface area contributed by atoms with Gasteiger partial charge in [0.2, 0.25) is 5.91 Å². The first-order valence-corrected chi connectivity index (χ1v) is 8.90. The van der Waals surface area contributed by atoms with Gasteiger partial charge >= 0.3 is 0 Å². The van der Waals surface area contributed by atoms with Crippen LogP contribution in [0.1, 0.15) is 36.9 Å². The Balaban J connectivity index is 1.82. The fraction of sp³-hybridized carbons (Fsp3) is 0.261. The van der Waals surface area contributed by atoms with E-state index in [1.54, 1.807) is 7.11 Å². The van der Waals surface area contributed by atoms with Crippen molar-refractivity contribution in [2.45, 2.75) is 25.8 Å². The number of methoxy groups -OCH3 is 1. The molecule has 0 spiro atoms. The minimum Gasteiger partial charge on any atom is -0.497 e. The number of carbonyl (C=O) groups is 1. The topological polar surface area (TPSA) is 29.5 Å². The fourth-order valence-electron chi connectivity index (χ4n) is 3.23. The molecule has 0 aliphatic heterocycles. The number of hydrogen-bond acceptors (Lipinski definition) is 2. The molecule has 0 saturated carbocycles. The highest BCUT2D eigenvalue weighted by Gasteiger charge is 2.23. The SMILES string of the molecule is COc1ccc2cc([C@H](C)C(=O)N(C)C(C)c3ccccc3)ccc2c1. The third-order valence-electron chi connectivity index (χ3n) is 5.15. The van der Waals surface area contributed by atoms with Crippen LogP contribution in [0.5, 0.6) is 5.75 Å². The molecule has 26 heavy (non-hydrogen) atoms. The highest BCUT2D eigenvalue weighted by molar-refractivity contribution is 5.88. The molecule has 0 aliphatic carbocycles. The third kappa shape index (κ3) is 3.57. The molecule has 3 aromatic carbocycles. The zero-order chi connectivity index (χ0) is 18.7. The van der Waals surface area contributed by atoms with Crippen molar-refractivity contribution >= 4 is 16.7 Å². The first-order chi connectivity index (χ1) is 12.5. The van der Waals surface area contributed by atoms with Crippen molar-refractivity contribution in [3.05, 3.63) is 77.9 Å². The first kappa shape index (κ1) is 18.0. The van der Waals surface area contributed by atoms with Gasteiger partial charge in [0.15, 0.2) is 0 Å². The molecule has 0 N–H and O–H groups in total. The van der Waals surface area contributed by atoms with E-state index in [-0.39, 0.29) is 17.9 Å². The van der Waals surface area contributed by atoms with Gasteiger partial charge in [0.1, 0.15) is 5.75 Å². The van der Waals surface area contributed by atoms with Crippen molar-refractivity contribution in [2.24, 2.45) is 0 Å². The minimum absolute atomic E-state index is 0.0378. The van der Waals surface area contributed by atoms with E-state index in [1.165, 1.54) is 0 Å². The van der Waals surface area contributed by atoms with E-state index in [0.717, 1.165) is 27.6 Å². The van der Waals surface area contributed by atoms with Gasteiger partial charge in [-0.1, -0.05) is 54.6 Å². The van der Waals surface area contributed by atoms with Crippen molar-refractivity contribution < 1.29 is 9.53 Å². The van der Waals surface area contributed by atoms with Gasteiger partial charge in [-0.3, -0.25) is 4.79 Å². The number of nitrogens with zero attached hydrogens (tertiary/aromatic N) is 1. The molecular formula is C23H25NO2. The normalized spacial score (nSPS) is 13.2. The maximum atomic E-state index is 13.0. The van der Waals surface area contributed by atoms with E-state index in [2.05, 4.69) is 31.2 Å². The number of hydrogen-bond donors (Lipinski definition) is 0. The van der Waals surface area contributed by atoms with Gasteiger partial charge in [0.05, 0.1) is 19.1 Å². The Bertz CT molecular complexity index is 904. The smallest absolute Gasteiger partial charge is 0.230 e.